The Morgan fingerprint density at radius 2 is 1.88 bits per heavy atom. The third-order valence-corrected chi connectivity index (χ3v) is 4.05. The van der Waals surface area contributed by atoms with E-state index in [1.807, 2.05) is 0 Å². The first-order chi connectivity index (χ1) is 11.9. The van der Waals surface area contributed by atoms with E-state index in [-0.39, 0.29) is 12.6 Å². The molecule has 1 fully saturated rings. The predicted molar refractivity (Wildman–Crippen MR) is 88.8 cm³/mol. The highest BCUT2D eigenvalue weighted by molar-refractivity contribution is 5.97. The molecule has 1 aliphatic carbocycles. The monoisotopic (exact) mass is 350 g/mol. The van der Waals surface area contributed by atoms with Crippen LogP contribution in [0.5, 0.6) is 11.5 Å². The lowest BCUT2D eigenvalue weighted by molar-refractivity contribution is -0.149. The van der Waals surface area contributed by atoms with Gasteiger partial charge in [0.15, 0.2) is 11.5 Å². The number of amides is 2. The largest absolute Gasteiger partial charge is 0.493 e. The van der Waals surface area contributed by atoms with E-state index >= 15 is 0 Å². The average Bonchev–Trinajstić information content (AvgIpc) is 3.43. The Morgan fingerprint density at radius 1 is 1.24 bits per heavy atom. The Balaban J connectivity index is 2.01. The molecular weight excluding hydrogens is 328 g/mol. The summed E-state index contributed by atoms with van der Waals surface area (Å²) in [7, 11) is 2.95. The Kier molecular flexibility index (Phi) is 5.84. The molecule has 0 spiro atoms. The van der Waals surface area contributed by atoms with E-state index in [1.54, 1.807) is 12.1 Å². The number of carbonyl (C=O) groups is 3. The van der Waals surface area contributed by atoms with Crippen LogP contribution in [0.3, 0.4) is 0 Å². The molecule has 0 aliphatic heterocycles. The van der Waals surface area contributed by atoms with E-state index in [0.717, 1.165) is 12.8 Å². The van der Waals surface area contributed by atoms with Gasteiger partial charge in [0.2, 0.25) is 5.91 Å². The van der Waals surface area contributed by atoms with Gasteiger partial charge in [-0.15, -0.1) is 0 Å². The van der Waals surface area contributed by atoms with Crippen LogP contribution in [0, 0.1) is 0 Å². The number of methoxy groups -OCH3 is 2. The number of nitrogens with zero attached hydrogens (tertiary/aromatic N) is 1. The highest BCUT2D eigenvalue weighted by Gasteiger charge is 2.38. The summed E-state index contributed by atoms with van der Waals surface area (Å²) in [5.74, 6) is -1.03. The van der Waals surface area contributed by atoms with Crippen molar-refractivity contribution in [3.8, 4) is 11.5 Å². The van der Waals surface area contributed by atoms with Gasteiger partial charge in [0.05, 0.1) is 20.8 Å². The molecule has 2 amide bonds. The first-order valence-electron chi connectivity index (χ1n) is 7.93. The zero-order chi connectivity index (χ0) is 18.6. The van der Waals surface area contributed by atoms with Gasteiger partial charge in [-0.3, -0.25) is 9.59 Å². The highest BCUT2D eigenvalue weighted by Crippen LogP contribution is 2.29. The van der Waals surface area contributed by atoms with Crippen LogP contribution in [0.4, 0.5) is 0 Å². The lowest BCUT2D eigenvalue weighted by Crippen LogP contribution is -2.48. The molecule has 1 atom stereocenters. The quantitative estimate of drug-likeness (QED) is 0.722. The number of carboxylic acids is 1. The smallest absolute Gasteiger partial charge is 0.326 e. The summed E-state index contributed by atoms with van der Waals surface area (Å²) in [6.07, 6.45) is 1.57. The lowest BCUT2D eigenvalue weighted by atomic mass is 10.2. The van der Waals surface area contributed by atoms with Gasteiger partial charge in [-0.05, 0) is 38.0 Å². The predicted octanol–water partition coefficient (Wildman–Crippen LogP) is 0.898. The molecule has 0 bridgehead atoms. The first kappa shape index (κ1) is 18.6. The van der Waals surface area contributed by atoms with Crippen LogP contribution in [0.25, 0.3) is 0 Å². The minimum Gasteiger partial charge on any atom is -0.493 e. The molecule has 136 valence electrons. The van der Waals surface area contributed by atoms with E-state index in [4.69, 9.17) is 14.6 Å². The molecule has 1 unspecified atom stereocenters. The number of carboxylic acid groups (broad SMARTS) is 1. The van der Waals surface area contributed by atoms with E-state index in [9.17, 15) is 14.4 Å². The molecule has 25 heavy (non-hydrogen) atoms. The van der Waals surface area contributed by atoms with Crippen molar-refractivity contribution in [1.82, 2.24) is 10.2 Å². The molecule has 1 aromatic rings. The summed E-state index contributed by atoms with van der Waals surface area (Å²) >= 11 is 0. The number of hydrogen-bond donors (Lipinski definition) is 2. The molecule has 0 aromatic heterocycles. The van der Waals surface area contributed by atoms with Crippen LogP contribution in [-0.4, -0.2) is 60.6 Å². The average molecular weight is 350 g/mol. The second kappa shape index (κ2) is 7.87. The van der Waals surface area contributed by atoms with Crippen LogP contribution < -0.4 is 14.8 Å². The van der Waals surface area contributed by atoms with Gasteiger partial charge in [-0.25, -0.2) is 4.79 Å². The summed E-state index contributed by atoms with van der Waals surface area (Å²) in [5, 5.41) is 11.7. The number of rotatable bonds is 8. The second-order valence-electron chi connectivity index (χ2n) is 5.80. The fourth-order valence-electron chi connectivity index (χ4n) is 2.53. The van der Waals surface area contributed by atoms with Crippen molar-refractivity contribution in [2.75, 3.05) is 20.8 Å². The molecule has 2 rings (SSSR count). The minimum absolute atomic E-state index is 0.0587. The second-order valence-corrected chi connectivity index (χ2v) is 5.80. The normalized spacial score (nSPS) is 14.4. The SMILES string of the molecule is COc1ccc(C(=O)NCC(=O)N(C2CC2)C(C)C(=O)O)cc1OC. The Labute approximate surface area is 145 Å². The van der Waals surface area contributed by atoms with Crippen molar-refractivity contribution in [3.63, 3.8) is 0 Å². The van der Waals surface area contributed by atoms with E-state index in [2.05, 4.69) is 5.32 Å². The van der Waals surface area contributed by atoms with Gasteiger partial charge in [-0.2, -0.15) is 0 Å². The molecular formula is C17H22N2O6. The maximum atomic E-state index is 12.3. The zero-order valence-corrected chi connectivity index (χ0v) is 14.4. The van der Waals surface area contributed by atoms with Crippen LogP contribution in [0.1, 0.15) is 30.1 Å². The topological polar surface area (TPSA) is 105 Å². The van der Waals surface area contributed by atoms with Crippen LogP contribution >= 0.6 is 0 Å². The standard InChI is InChI=1S/C17H22N2O6/c1-10(17(22)23)19(12-5-6-12)15(20)9-18-16(21)11-4-7-13(24-2)14(8-11)25-3/h4,7-8,10,12H,5-6,9H2,1-3H3,(H,18,21)(H,22,23). The number of carbonyl (C=O) groups excluding carboxylic acids is 2. The lowest BCUT2D eigenvalue weighted by Gasteiger charge is -2.26. The van der Waals surface area contributed by atoms with Gasteiger partial charge >= 0.3 is 5.97 Å². The number of benzene rings is 1. The molecule has 1 aliphatic rings. The fourth-order valence-corrected chi connectivity index (χ4v) is 2.53. The number of ether oxygens (including phenoxy) is 2. The van der Waals surface area contributed by atoms with E-state index in [1.165, 1.54) is 32.1 Å². The van der Waals surface area contributed by atoms with E-state index in [0.29, 0.717) is 17.1 Å². The Morgan fingerprint density at radius 3 is 2.40 bits per heavy atom. The number of nitrogens with one attached hydrogen (secondary N) is 1. The first-order valence-corrected chi connectivity index (χ1v) is 7.93. The number of aliphatic carboxylic acids is 1. The van der Waals surface area contributed by atoms with Crippen molar-refractivity contribution in [2.45, 2.75) is 31.8 Å². The summed E-state index contributed by atoms with van der Waals surface area (Å²) in [5.41, 5.74) is 0.315. The molecule has 1 aromatic carbocycles. The summed E-state index contributed by atoms with van der Waals surface area (Å²) in [4.78, 5) is 37.1. The maximum absolute atomic E-state index is 12.3. The van der Waals surface area contributed by atoms with E-state index < -0.39 is 23.8 Å². The van der Waals surface area contributed by atoms with Crippen LogP contribution in [-0.2, 0) is 9.59 Å². The van der Waals surface area contributed by atoms with Crippen molar-refractivity contribution in [1.29, 1.82) is 0 Å². The summed E-state index contributed by atoms with van der Waals surface area (Å²) < 4.78 is 10.3. The molecule has 8 nitrogen and oxygen atoms in total. The zero-order valence-electron chi connectivity index (χ0n) is 14.4. The number of hydrogen-bond acceptors (Lipinski definition) is 5. The van der Waals surface area contributed by atoms with Crippen molar-refractivity contribution in [2.24, 2.45) is 0 Å². The molecule has 0 heterocycles. The summed E-state index contributed by atoms with van der Waals surface area (Å²) in [6.45, 7) is 1.20. The van der Waals surface area contributed by atoms with Gasteiger partial charge in [-0.1, -0.05) is 0 Å². The van der Waals surface area contributed by atoms with Crippen molar-refractivity contribution < 1.29 is 29.0 Å². The van der Waals surface area contributed by atoms with Crippen LogP contribution in [0.2, 0.25) is 0 Å². The summed E-state index contributed by atoms with van der Waals surface area (Å²) in [6, 6.07) is 3.68. The van der Waals surface area contributed by atoms with Crippen molar-refractivity contribution >= 4 is 17.8 Å². The van der Waals surface area contributed by atoms with Gasteiger partial charge in [0.1, 0.15) is 6.04 Å². The van der Waals surface area contributed by atoms with Gasteiger partial charge < -0.3 is 24.8 Å². The molecule has 8 heteroatoms. The van der Waals surface area contributed by atoms with Gasteiger partial charge in [0, 0.05) is 11.6 Å². The van der Waals surface area contributed by atoms with Crippen LogP contribution in [0.15, 0.2) is 18.2 Å². The highest BCUT2D eigenvalue weighted by atomic mass is 16.5. The Hall–Kier alpha value is -2.77. The molecule has 1 saturated carbocycles. The van der Waals surface area contributed by atoms with Crippen molar-refractivity contribution in [3.05, 3.63) is 23.8 Å². The maximum Gasteiger partial charge on any atom is 0.326 e. The Bertz CT molecular complexity index is 671. The molecule has 2 N–H and O–H groups in total. The molecule has 0 radical (unpaired) electrons. The minimum atomic E-state index is -1.06. The third kappa shape index (κ3) is 4.40. The van der Waals surface area contributed by atoms with Gasteiger partial charge in [0.25, 0.3) is 5.91 Å². The third-order valence-electron chi connectivity index (χ3n) is 4.05. The molecule has 0 saturated heterocycles. The fraction of sp³-hybridized carbons (Fsp3) is 0.471.